The summed E-state index contributed by atoms with van der Waals surface area (Å²) in [5.41, 5.74) is 0. The van der Waals surface area contributed by atoms with E-state index in [9.17, 15) is 4.79 Å². The zero-order chi connectivity index (χ0) is 19.5. The quantitative estimate of drug-likeness (QED) is 0.589. The van der Waals surface area contributed by atoms with Gasteiger partial charge in [0.2, 0.25) is 5.91 Å². The fourth-order valence-corrected chi connectivity index (χ4v) is 8.90. The molecule has 0 aliphatic carbocycles. The largest absolute Gasteiger partial charge is 0.407 e. The van der Waals surface area contributed by atoms with Gasteiger partial charge < -0.3 is 9.74 Å². The van der Waals surface area contributed by atoms with E-state index >= 15 is 0 Å². The van der Waals surface area contributed by atoms with Gasteiger partial charge in [0.1, 0.15) is 0 Å². The molecule has 3 nitrogen and oxygen atoms in total. The minimum Gasteiger partial charge on any atom is -0.407 e. The number of amides is 1. The predicted octanol–water partition coefficient (Wildman–Crippen LogP) is 3.48. The maximum atomic E-state index is 11.7. The Hall–Kier alpha value is -1.91. The number of carbonyl (C=O) groups is 1. The van der Waals surface area contributed by atoms with Gasteiger partial charge in [-0.25, -0.2) is 0 Å². The second-order valence-electron chi connectivity index (χ2n) is 8.43. The van der Waals surface area contributed by atoms with Crippen LogP contribution in [-0.4, -0.2) is 26.9 Å². The molecular formula is C23H31NO2Si. The van der Waals surface area contributed by atoms with E-state index in [4.69, 9.17) is 4.43 Å². The molecule has 2 aromatic rings. The van der Waals surface area contributed by atoms with E-state index in [0.29, 0.717) is 6.61 Å². The fourth-order valence-electron chi connectivity index (χ4n) is 4.32. The zero-order valence-electron chi connectivity index (χ0n) is 16.9. The van der Waals surface area contributed by atoms with Crippen molar-refractivity contribution in [3.05, 3.63) is 60.7 Å². The maximum Gasteiger partial charge on any atom is 0.261 e. The Morgan fingerprint density at radius 1 is 0.963 bits per heavy atom. The lowest BCUT2D eigenvalue weighted by Crippen LogP contribution is -2.67. The topological polar surface area (TPSA) is 38.3 Å². The number of rotatable bonds is 7. The van der Waals surface area contributed by atoms with Gasteiger partial charge in [0.25, 0.3) is 8.32 Å². The highest BCUT2D eigenvalue weighted by Gasteiger charge is 2.50. The average molecular weight is 382 g/mol. The molecule has 4 heteroatoms. The number of nitrogens with one attached hydrogen (secondary N) is 1. The van der Waals surface area contributed by atoms with Crippen LogP contribution in [0.4, 0.5) is 0 Å². The summed E-state index contributed by atoms with van der Waals surface area (Å²) >= 11 is 0. The van der Waals surface area contributed by atoms with Gasteiger partial charge in [0.15, 0.2) is 0 Å². The van der Waals surface area contributed by atoms with E-state index < -0.39 is 8.32 Å². The Bertz CT molecular complexity index is 715. The van der Waals surface area contributed by atoms with Crippen LogP contribution in [0.25, 0.3) is 0 Å². The Morgan fingerprint density at radius 3 is 1.89 bits per heavy atom. The normalized spacial score (nSPS) is 20.1. The van der Waals surface area contributed by atoms with Crippen LogP contribution in [0.5, 0.6) is 0 Å². The average Bonchev–Trinajstić information content (AvgIpc) is 2.65. The third kappa shape index (κ3) is 3.74. The molecule has 0 unspecified atom stereocenters. The molecule has 2 aromatic carbocycles. The first-order chi connectivity index (χ1) is 12.9. The predicted molar refractivity (Wildman–Crippen MR) is 114 cm³/mol. The number of carbonyl (C=O) groups excluding carboxylic acids is 1. The van der Waals surface area contributed by atoms with Crippen LogP contribution in [0.15, 0.2) is 60.7 Å². The van der Waals surface area contributed by atoms with E-state index in [1.807, 2.05) is 0 Å². The molecule has 1 heterocycles. The Labute approximate surface area is 164 Å². The van der Waals surface area contributed by atoms with Gasteiger partial charge in [-0.1, -0.05) is 88.4 Å². The summed E-state index contributed by atoms with van der Waals surface area (Å²) in [5.74, 6) is 0.334. The van der Waals surface area contributed by atoms with E-state index in [1.165, 1.54) is 10.4 Å². The lowest BCUT2D eigenvalue weighted by Gasteiger charge is -2.44. The van der Waals surface area contributed by atoms with Gasteiger partial charge in [0.05, 0.1) is 5.92 Å². The van der Waals surface area contributed by atoms with E-state index in [1.54, 1.807) is 0 Å². The van der Waals surface area contributed by atoms with Crippen LogP contribution >= 0.6 is 0 Å². The standard InChI is InChI=1S/C23H31NO2Si/c1-5-20-21(24-22(20)25)16-17-26-27(23(2,3)4,18-12-8-6-9-13-18)19-14-10-7-11-15-19/h6-15,20-21H,5,16-17H2,1-4H3,(H,24,25)/t20-,21-/m1/s1. The third-order valence-electron chi connectivity index (χ3n) is 5.75. The molecule has 0 spiro atoms. The molecule has 144 valence electrons. The molecule has 0 aromatic heterocycles. The van der Waals surface area contributed by atoms with Gasteiger partial charge in [0, 0.05) is 12.6 Å². The van der Waals surface area contributed by atoms with Gasteiger partial charge >= 0.3 is 0 Å². The summed E-state index contributed by atoms with van der Waals surface area (Å²) in [4.78, 5) is 11.7. The monoisotopic (exact) mass is 381 g/mol. The highest BCUT2D eigenvalue weighted by Crippen LogP contribution is 2.37. The zero-order valence-corrected chi connectivity index (χ0v) is 17.9. The Kier molecular flexibility index (Phi) is 5.87. The van der Waals surface area contributed by atoms with Crippen molar-refractivity contribution < 1.29 is 9.22 Å². The number of hydrogen-bond acceptors (Lipinski definition) is 2. The molecule has 27 heavy (non-hydrogen) atoms. The van der Waals surface area contributed by atoms with Crippen molar-refractivity contribution in [1.29, 1.82) is 0 Å². The number of hydrogen-bond donors (Lipinski definition) is 1. The van der Waals surface area contributed by atoms with E-state index in [0.717, 1.165) is 12.8 Å². The molecule has 2 atom stereocenters. The van der Waals surface area contributed by atoms with Gasteiger partial charge in [-0.2, -0.15) is 0 Å². The first-order valence-corrected chi connectivity index (χ1v) is 11.9. The molecule has 1 N–H and O–H groups in total. The third-order valence-corrected chi connectivity index (χ3v) is 10.8. The summed E-state index contributed by atoms with van der Waals surface area (Å²) in [6.07, 6.45) is 1.77. The highest BCUT2D eigenvalue weighted by atomic mass is 28.4. The molecule has 1 saturated heterocycles. The summed E-state index contributed by atoms with van der Waals surface area (Å²) in [6, 6.07) is 21.6. The smallest absolute Gasteiger partial charge is 0.261 e. The van der Waals surface area contributed by atoms with Crippen molar-refractivity contribution in [2.24, 2.45) is 5.92 Å². The maximum absolute atomic E-state index is 11.7. The Morgan fingerprint density at radius 2 is 1.48 bits per heavy atom. The first-order valence-electron chi connectivity index (χ1n) is 9.95. The lowest BCUT2D eigenvalue weighted by atomic mass is 9.86. The molecule has 1 fully saturated rings. The molecule has 1 amide bonds. The van der Waals surface area contributed by atoms with Crippen molar-refractivity contribution >= 4 is 24.6 Å². The van der Waals surface area contributed by atoms with Crippen molar-refractivity contribution in [3.63, 3.8) is 0 Å². The minimum absolute atomic E-state index is 0.0112. The van der Waals surface area contributed by atoms with Crippen molar-refractivity contribution in [1.82, 2.24) is 5.32 Å². The molecule has 1 aliphatic rings. The second-order valence-corrected chi connectivity index (χ2v) is 12.7. The fraction of sp³-hybridized carbons (Fsp3) is 0.435. The highest BCUT2D eigenvalue weighted by molar-refractivity contribution is 6.99. The SMILES string of the molecule is CC[C@H]1C(=O)N[C@@H]1CCO[Si](c1ccccc1)(c1ccccc1)C(C)(C)C. The van der Waals surface area contributed by atoms with Gasteiger partial charge in [-0.05, 0) is 28.3 Å². The molecule has 0 radical (unpaired) electrons. The van der Waals surface area contributed by atoms with Crippen molar-refractivity contribution in [2.75, 3.05) is 6.61 Å². The van der Waals surface area contributed by atoms with Crippen LogP contribution in [0.1, 0.15) is 40.5 Å². The van der Waals surface area contributed by atoms with Gasteiger partial charge in [-0.15, -0.1) is 0 Å². The minimum atomic E-state index is -2.47. The van der Waals surface area contributed by atoms with Crippen molar-refractivity contribution in [3.8, 4) is 0 Å². The molecular weight excluding hydrogens is 350 g/mol. The van der Waals surface area contributed by atoms with Crippen molar-refractivity contribution in [2.45, 2.75) is 51.6 Å². The molecule has 1 aliphatic heterocycles. The summed E-state index contributed by atoms with van der Waals surface area (Å²) < 4.78 is 6.89. The first kappa shape index (κ1) is 19.8. The summed E-state index contributed by atoms with van der Waals surface area (Å²) in [6.45, 7) is 9.62. The van der Waals surface area contributed by atoms with Crippen LogP contribution < -0.4 is 15.7 Å². The molecule has 3 rings (SSSR count). The summed E-state index contributed by atoms with van der Waals surface area (Å²) in [7, 11) is -2.47. The van der Waals surface area contributed by atoms with Gasteiger partial charge in [-0.3, -0.25) is 4.79 Å². The lowest BCUT2D eigenvalue weighted by molar-refractivity contribution is -0.135. The van der Waals surface area contributed by atoms with Crippen LogP contribution in [0, 0.1) is 5.92 Å². The van der Waals surface area contributed by atoms with Crippen LogP contribution in [-0.2, 0) is 9.22 Å². The Balaban J connectivity index is 1.91. The summed E-state index contributed by atoms with van der Waals surface area (Å²) in [5, 5.41) is 5.63. The molecule has 0 saturated carbocycles. The van der Waals surface area contributed by atoms with Crippen LogP contribution in [0.2, 0.25) is 5.04 Å². The van der Waals surface area contributed by atoms with Crippen LogP contribution in [0.3, 0.4) is 0 Å². The van der Waals surface area contributed by atoms with E-state index in [2.05, 4.69) is 93.7 Å². The van der Waals surface area contributed by atoms with E-state index in [-0.39, 0.29) is 22.9 Å². The molecule has 0 bridgehead atoms. The second kappa shape index (κ2) is 7.99. The number of benzene rings is 2. The number of β-lactam (4-membered cyclic amide) rings is 1.